The lowest BCUT2D eigenvalue weighted by Crippen LogP contribution is -2.52. The van der Waals surface area contributed by atoms with E-state index in [2.05, 4.69) is 0 Å². The summed E-state index contributed by atoms with van der Waals surface area (Å²) in [6.45, 7) is 3.33. The number of carboxylic acid groups (broad SMARTS) is 1. The summed E-state index contributed by atoms with van der Waals surface area (Å²) in [5.41, 5.74) is 0. The second kappa shape index (κ2) is 4.42. The van der Waals surface area contributed by atoms with Crippen molar-refractivity contribution in [1.82, 2.24) is 4.90 Å². The number of aliphatic carboxylic acids is 1. The first-order valence-corrected chi connectivity index (χ1v) is 4.98. The Kier molecular flexibility index (Phi) is 3.44. The van der Waals surface area contributed by atoms with Crippen molar-refractivity contribution in [3.63, 3.8) is 0 Å². The molecule has 0 radical (unpaired) electrons. The average Bonchev–Trinajstić information content (AvgIpc) is 2.15. The standard InChI is InChI=1S/C10H15NO4/c1-6(2)9(13)11-5-7(12)3-4-8(11)10(14)15/h6,8H,3-5H2,1-2H3,(H,14,15). The van der Waals surface area contributed by atoms with Gasteiger partial charge in [0.2, 0.25) is 5.91 Å². The van der Waals surface area contributed by atoms with E-state index in [0.29, 0.717) is 0 Å². The van der Waals surface area contributed by atoms with E-state index in [9.17, 15) is 14.4 Å². The molecule has 0 spiro atoms. The van der Waals surface area contributed by atoms with Crippen molar-refractivity contribution in [2.75, 3.05) is 6.54 Å². The first-order valence-electron chi connectivity index (χ1n) is 4.98. The summed E-state index contributed by atoms with van der Waals surface area (Å²) >= 11 is 0. The minimum absolute atomic E-state index is 0.0615. The summed E-state index contributed by atoms with van der Waals surface area (Å²) in [4.78, 5) is 34.9. The van der Waals surface area contributed by atoms with Gasteiger partial charge in [0, 0.05) is 12.3 Å². The highest BCUT2D eigenvalue weighted by Gasteiger charge is 2.35. The van der Waals surface area contributed by atoms with Crippen LogP contribution in [0.3, 0.4) is 0 Å². The third-order valence-corrected chi connectivity index (χ3v) is 2.48. The quantitative estimate of drug-likeness (QED) is 0.715. The van der Waals surface area contributed by atoms with Crippen LogP contribution < -0.4 is 0 Å². The van der Waals surface area contributed by atoms with Crippen molar-refractivity contribution in [3.8, 4) is 0 Å². The Morgan fingerprint density at radius 3 is 2.53 bits per heavy atom. The molecule has 1 aliphatic heterocycles. The van der Waals surface area contributed by atoms with Crippen molar-refractivity contribution in [2.45, 2.75) is 32.7 Å². The van der Waals surface area contributed by atoms with Gasteiger partial charge in [0.15, 0.2) is 5.78 Å². The molecule has 5 nitrogen and oxygen atoms in total. The van der Waals surface area contributed by atoms with E-state index in [-0.39, 0.29) is 37.0 Å². The van der Waals surface area contributed by atoms with Crippen LogP contribution in [-0.4, -0.2) is 40.3 Å². The zero-order chi connectivity index (χ0) is 11.6. The number of rotatable bonds is 2. The molecular weight excluding hydrogens is 198 g/mol. The van der Waals surface area contributed by atoms with Crippen LogP contribution >= 0.6 is 0 Å². The second-order valence-corrected chi connectivity index (χ2v) is 4.05. The molecule has 1 fully saturated rings. The van der Waals surface area contributed by atoms with E-state index >= 15 is 0 Å². The number of carbonyl (C=O) groups excluding carboxylic acids is 2. The van der Waals surface area contributed by atoms with Gasteiger partial charge in [-0.05, 0) is 6.42 Å². The lowest BCUT2D eigenvalue weighted by Gasteiger charge is -2.33. The number of nitrogens with zero attached hydrogens (tertiary/aromatic N) is 1. The Morgan fingerprint density at radius 1 is 1.47 bits per heavy atom. The predicted molar refractivity (Wildman–Crippen MR) is 52.2 cm³/mol. The largest absolute Gasteiger partial charge is 0.480 e. The number of hydrogen-bond acceptors (Lipinski definition) is 3. The predicted octanol–water partition coefficient (Wildman–Crippen LogP) is 0.287. The van der Waals surface area contributed by atoms with Gasteiger partial charge >= 0.3 is 5.97 Å². The van der Waals surface area contributed by atoms with E-state index in [0.717, 1.165) is 0 Å². The average molecular weight is 213 g/mol. The van der Waals surface area contributed by atoms with Crippen molar-refractivity contribution >= 4 is 17.7 Å². The van der Waals surface area contributed by atoms with E-state index < -0.39 is 12.0 Å². The number of likely N-dealkylation sites (tertiary alicyclic amines) is 1. The van der Waals surface area contributed by atoms with E-state index in [1.165, 1.54) is 4.90 Å². The minimum atomic E-state index is -1.03. The van der Waals surface area contributed by atoms with Gasteiger partial charge in [-0.2, -0.15) is 0 Å². The van der Waals surface area contributed by atoms with Gasteiger partial charge < -0.3 is 10.0 Å². The van der Waals surface area contributed by atoms with Crippen LogP contribution in [-0.2, 0) is 14.4 Å². The van der Waals surface area contributed by atoms with Crippen molar-refractivity contribution in [3.05, 3.63) is 0 Å². The monoisotopic (exact) mass is 213 g/mol. The smallest absolute Gasteiger partial charge is 0.326 e. The molecule has 0 aliphatic carbocycles. The highest BCUT2D eigenvalue weighted by molar-refractivity contribution is 5.92. The Morgan fingerprint density at radius 2 is 2.07 bits per heavy atom. The van der Waals surface area contributed by atoms with E-state index in [4.69, 9.17) is 5.11 Å². The zero-order valence-corrected chi connectivity index (χ0v) is 8.90. The van der Waals surface area contributed by atoms with Gasteiger partial charge in [-0.1, -0.05) is 13.8 Å². The SMILES string of the molecule is CC(C)C(=O)N1CC(=O)CCC1C(=O)O. The number of ketones is 1. The molecule has 1 saturated heterocycles. The van der Waals surface area contributed by atoms with Crippen LogP contribution in [0, 0.1) is 5.92 Å². The van der Waals surface area contributed by atoms with Crippen molar-refractivity contribution in [1.29, 1.82) is 0 Å². The minimum Gasteiger partial charge on any atom is -0.480 e. The number of piperidine rings is 1. The van der Waals surface area contributed by atoms with Crippen LogP contribution in [0.25, 0.3) is 0 Å². The summed E-state index contributed by atoms with van der Waals surface area (Å²) in [5.74, 6) is -1.65. The number of Topliss-reactive ketones (excluding diaryl/α,β-unsaturated/α-hetero) is 1. The maximum atomic E-state index is 11.7. The lowest BCUT2D eigenvalue weighted by molar-refractivity contribution is -0.155. The molecule has 0 aromatic rings. The molecule has 1 unspecified atom stereocenters. The fraction of sp³-hybridized carbons (Fsp3) is 0.700. The molecule has 0 aromatic carbocycles. The summed E-state index contributed by atoms with van der Waals surface area (Å²) in [6, 6.07) is -0.836. The van der Waals surface area contributed by atoms with Crippen LogP contribution in [0.1, 0.15) is 26.7 Å². The van der Waals surface area contributed by atoms with Gasteiger partial charge in [-0.15, -0.1) is 0 Å². The van der Waals surface area contributed by atoms with Crippen LogP contribution in [0.5, 0.6) is 0 Å². The van der Waals surface area contributed by atoms with Gasteiger partial charge in [0.25, 0.3) is 0 Å². The number of amides is 1. The third kappa shape index (κ3) is 2.55. The summed E-state index contributed by atoms with van der Waals surface area (Å²) in [5, 5.41) is 8.92. The maximum absolute atomic E-state index is 11.7. The molecule has 1 N–H and O–H groups in total. The van der Waals surface area contributed by atoms with Crippen LogP contribution in [0.15, 0.2) is 0 Å². The first kappa shape index (κ1) is 11.7. The molecule has 0 saturated carbocycles. The highest BCUT2D eigenvalue weighted by atomic mass is 16.4. The molecule has 1 atom stereocenters. The molecule has 0 aromatic heterocycles. The first-order chi connectivity index (χ1) is 6.93. The molecule has 84 valence electrons. The summed E-state index contributed by atoms with van der Waals surface area (Å²) in [7, 11) is 0. The Labute approximate surface area is 88.1 Å². The molecule has 5 heteroatoms. The van der Waals surface area contributed by atoms with Crippen molar-refractivity contribution < 1.29 is 19.5 Å². The summed E-state index contributed by atoms with van der Waals surface area (Å²) < 4.78 is 0. The molecule has 1 amide bonds. The molecular formula is C10H15NO4. The van der Waals surface area contributed by atoms with Crippen molar-refractivity contribution in [2.24, 2.45) is 5.92 Å². The third-order valence-electron chi connectivity index (χ3n) is 2.48. The number of carboxylic acids is 1. The van der Waals surface area contributed by atoms with E-state index in [1.54, 1.807) is 13.8 Å². The van der Waals surface area contributed by atoms with Crippen LogP contribution in [0.2, 0.25) is 0 Å². The molecule has 1 aliphatic rings. The zero-order valence-electron chi connectivity index (χ0n) is 8.90. The van der Waals surface area contributed by atoms with Gasteiger partial charge in [0.1, 0.15) is 6.04 Å². The highest BCUT2D eigenvalue weighted by Crippen LogP contribution is 2.17. The normalized spacial score (nSPS) is 21.9. The Hall–Kier alpha value is -1.39. The number of hydrogen-bond donors (Lipinski definition) is 1. The fourth-order valence-corrected chi connectivity index (χ4v) is 1.65. The fourth-order valence-electron chi connectivity index (χ4n) is 1.65. The molecule has 1 heterocycles. The Balaban J connectivity index is 2.83. The summed E-state index contributed by atoms with van der Waals surface area (Å²) in [6.07, 6.45) is 0.478. The van der Waals surface area contributed by atoms with Gasteiger partial charge in [-0.3, -0.25) is 9.59 Å². The van der Waals surface area contributed by atoms with Crippen LogP contribution in [0.4, 0.5) is 0 Å². The topological polar surface area (TPSA) is 74.7 Å². The molecule has 15 heavy (non-hydrogen) atoms. The van der Waals surface area contributed by atoms with Gasteiger partial charge in [0.05, 0.1) is 6.54 Å². The van der Waals surface area contributed by atoms with E-state index in [1.807, 2.05) is 0 Å². The molecule has 0 bridgehead atoms. The number of carbonyl (C=O) groups is 3. The second-order valence-electron chi connectivity index (χ2n) is 4.05. The maximum Gasteiger partial charge on any atom is 0.326 e. The lowest BCUT2D eigenvalue weighted by atomic mass is 9.99. The molecule has 1 rings (SSSR count). The van der Waals surface area contributed by atoms with Gasteiger partial charge in [-0.25, -0.2) is 4.79 Å². The Bertz CT molecular complexity index is 298.